The first-order valence-electron chi connectivity index (χ1n) is 27.1. The molecule has 0 aromatic rings. The Bertz CT molecular complexity index is 1020. The van der Waals surface area contributed by atoms with Crippen molar-refractivity contribution in [2.75, 3.05) is 6.61 Å². The lowest BCUT2D eigenvalue weighted by molar-refractivity contribution is -0.194. The summed E-state index contributed by atoms with van der Waals surface area (Å²) in [6, 6.07) is 0. The minimum Gasteiger partial charge on any atom is -0.393 e. The highest BCUT2D eigenvalue weighted by atomic mass is 16.4. The molecule has 0 spiro atoms. The van der Waals surface area contributed by atoms with Crippen LogP contribution in [-0.4, -0.2) is 50.5 Å². The van der Waals surface area contributed by atoms with E-state index in [0.29, 0.717) is 19.3 Å². The third-order valence-electron chi connectivity index (χ3n) is 13.3. The van der Waals surface area contributed by atoms with Crippen molar-refractivity contribution in [2.24, 2.45) is 0 Å². The molecular weight excluding hydrogens is 757 g/mol. The summed E-state index contributed by atoms with van der Waals surface area (Å²) in [5, 5.41) is 34.1. The monoisotopic (exact) mass is 861 g/mol. The summed E-state index contributed by atoms with van der Waals surface area (Å²) in [5.74, 6) is -2.45. The third kappa shape index (κ3) is 31.2. The van der Waals surface area contributed by atoms with Crippen LogP contribution in [0.25, 0.3) is 0 Å². The molecule has 2 unspecified atom stereocenters. The van der Waals surface area contributed by atoms with Crippen molar-refractivity contribution in [1.29, 1.82) is 0 Å². The second kappa shape index (κ2) is 43.9. The second-order valence-corrected chi connectivity index (χ2v) is 19.0. The molecule has 0 aliphatic heterocycles. The van der Waals surface area contributed by atoms with Crippen LogP contribution in [0.2, 0.25) is 0 Å². The van der Waals surface area contributed by atoms with E-state index >= 15 is 0 Å². The Morgan fingerprint density at radius 2 is 0.541 bits per heavy atom. The molecule has 61 heavy (non-hydrogen) atoms. The zero-order chi connectivity index (χ0) is 45.0. The van der Waals surface area contributed by atoms with Crippen molar-refractivity contribution in [3.8, 4) is 0 Å². The van der Waals surface area contributed by atoms with E-state index in [1.54, 1.807) is 0 Å². The number of Topliss-reactive ketones (excluding diaryl/α,β-unsaturated/α-hetero) is 3. The molecule has 2 atom stereocenters. The summed E-state index contributed by atoms with van der Waals surface area (Å²) in [6.07, 6.45) is 51.3. The van der Waals surface area contributed by atoms with Crippen LogP contribution < -0.4 is 0 Å². The number of carbonyl (C=O) groups excluding carboxylic acids is 3. The van der Waals surface area contributed by atoms with Crippen LogP contribution in [-0.2, 0) is 14.4 Å². The number of ketones is 3. The van der Waals surface area contributed by atoms with Crippen molar-refractivity contribution < 1.29 is 29.7 Å². The van der Waals surface area contributed by atoms with Crippen LogP contribution in [0.4, 0.5) is 0 Å². The highest BCUT2D eigenvalue weighted by molar-refractivity contribution is 6.16. The van der Waals surface area contributed by atoms with Crippen molar-refractivity contribution in [1.82, 2.24) is 0 Å². The molecule has 0 amide bonds. The molecule has 0 aliphatic rings. The number of aliphatic hydroxyl groups excluding tert-OH is 1. The maximum Gasteiger partial charge on any atom is 0.219 e. The van der Waals surface area contributed by atoms with Gasteiger partial charge in [0, 0.05) is 19.3 Å². The van der Waals surface area contributed by atoms with Gasteiger partial charge in [0.15, 0.2) is 23.0 Å². The molecule has 0 aromatic carbocycles. The largest absolute Gasteiger partial charge is 0.393 e. The molecule has 0 heterocycles. The fourth-order valence-electron chi connectivity index (χ4n) is 8.91. The first kappa shape index (κ1) is 59.6. The number of allylic oxidation sites excluding steroid dienone is 2. The van der Waals surface area contributed by atoms with Crippen LogP contribution in [0, 0.1) is 0 Å². The van der Waals surface area contributed by atoms with Gasteiger partial charge in [-0.2, -0.15) is 0 Å². The van der Waals surface area contributed by atoms with E-state index in [9.17, 15) is 29.7 Å². The van der Waals surface area contributed by atoms with Gasteiger partial charge in [-0.1, -0.05) is 251 Å². The van der Waals surface area contributed by atoms with Gasteiger partial charge in [0.05, 0.1) is 6.61 Å². The van der Waals surface area contributed by atoms with Gasteiger partial charge in [0.2, 0.25) is 5.60 Å². The predicted octanol–water partition coefficient (Wildman–Crippen LogP) is 15.9. The van der Waals surface area contributed by atoms with Crippen LogP contribution >= 0.6 is 0 Å². The molecular formula is C55H104O6. The molecule has 0 radical (unpaired) electrons. The second-order valence-electron chi connectivity index (χ2n) is 19.0. The number of rotatable bonds is 50. The smallest absolute Gasteiger partial charge is 0.219 e. The molecule has 0 saturated heterocycles. The van der Waals surface area contributed by atoms with Crippen molar-refractivity contribution >= 4 is 17.3 Å². The van der Waals surface area contributed by atoms with Crippen LogP contribution in [0.15, 0.2) is 12.2 Å². The van der Waals surface area contributed by atoms with Crippen LogP contribution in [0.3, 0.4) is 0 Å². The number of unbranched alkanes of at least 4 members (excludes halogenated alkanes) is 37. The topological polar surface area (TPSA) is 112 Å². The Hall–Kier alpha value is -1.37. The molecule has 0 fully saturated rings. The van der Waals surface area contributed by atoms with Gasteiger partial charge in [-0.15, -0.1) is 0 Å². The molecule has 0 bridgehead atoms. The van der Waals surface area contributed by atoms with Crippen molar-refractivity contribution in [2.45, 2.75) is 314 Å². The minimum atomic E-state index is -2.92. The Balaban J connectivity index is 4.91. The SMILES string of the molecule is CCCCCCCC/C=C\CCCCCCCC(=O)C(O)(C(=O)CCCCCCCCCCCCCCC)C(O)(CO)C(=O)CCCCCCCCCCCCCCCCC. The zero-order valence-corrected chi connectivity index (χ0v) is 41.0. The van der Waals surface area contributed by atoms with E-state index in [1.807, 2.05) is 0 Å². The fraction of sp³-hybridized carbons (Fsp3) is 0.909. The number of aliphatic hydroxyl groups is 3. The number of carbonyl (C=O) groups is 3. The summed E-state index contributed by atoms with van der Waals surface area (Å²) < 4.78 is 0. The van der Waals surface area contributed by atoms with Gasteiger partial charge in [0.1, 0.15) is 0 Å². The molecule has 0 saturated carbocycles. The Morgan fingerprint density at radius 1 is 0.328 bits per heavy atom. The Labute approximate surface area is 379 Å². The average molecular weight is 861 g/mol. The maximum absolute atomic E-state index is 13.8. The maximum atomic E-state index is 13.8. The van der Waals surface area contributed by atoms with E-state index in [2.05, 4.69) is 32.9 Å². The Morgan fingerprint density at radius 3 is 0.787 bits per heavy atom. The highest BCUT2D eigenvalue weighted by Crippen LogP contribution is 2.32. The quantitative estimate of drug-likeness (QED) is 0.0319. The molecule has 6 heteroatoms. The summed E-state index contributed by atoms with van der Waals surface area (Å²) in [6.45, 7) is 5.60. The summed E-state index contributed by atoms with van der Waals surface area (Å²) in [7, 11) is 0. The van der Waals surface area contributed by atoms with Gasteiger partial charge in [0.25, 0.3) is 0 Å². The van der Waals surface area contributed by atoms with Crippen LogP contribution in [0.5, 0.6) is 0 Å². The van der Waals surface area contributed by atoms with E-state index in [-0.39, 0.29) is 19.3 Å². The zero-order valence-electron chi connectivity index (χ0n) is 41.0. The highest BCUT2D eigenvalue weighted by Gasteiger charge is 2.62. The third-order valence-corrected chi connectivity index (χ3v) is 13.3. The fourth-order valence-corrected chi connectivity index (χ4v) is 8.91. The molecule has 0 rings (SSSR count). The van der Waals surface area contributed by atoms with Gasteiger partial charge in [-0.3, -0.25) is 14.4 Å². The summed E-state index contributed by atoms with van der Waals surface area (Å²) in [5.41, 5.74) is -5.75. The molecule has 360 valence electrons. The number of hydrogen-bond donors (Lipinski definition) is 3. The predicted molar refractivity (Wildman–Crippen MR) is 261 cm³/mol. The summed E-state index contributed by atoms with van der Waals surface area (Å²) >= 11 is 0. The van der Waals surface area contributed by atoms with E-state index in [1.165, 1.54) is 167 Å². The van der Waals surface area contributed by atoms with Gasteiger partial charge in [-0.05, 0) is 44.9 Å². The van der Waals surface area contributed by atoms with E-state index in [0.717, 1.165) is 77.0 Å². The number of hydrogen-bond acceptors (Lipinski definition) is 6. The first-order valence-corrected chi connectivity index (χ1v) is 27.1. The molecule has 0 aromatic heterocycles. The lowest BCUT2D eigenvalue weighted by atomic mass is 9.71. The average Bonchev–Trinajstić information content (AvgIpc) is 3.26. The molecule has 6 nitrogen and oxygen atoms in total. The summed E-state index contributed by atoms with van der Waals surface area (Å²) in [4.78, 5) is 41.2. The normalized spacial score (nSPS) is 13.8. The lowest BCUT2D eigenvalue weighted by Gasteiger charge is -2.39. The van der Waals surface area contributed by atoms with Gasteiger partial charge in [-0.25, -0.2) is 0 Å². The first-order chi connectivity index (χ1) is 29.8. The van der Waals surface area contributed by atoms with Crippen LogP contribution in [0.1, 0.15) is 303 Å². The molecule has 3 N–H and O–H groups in total. The lowest BCUT2D eigenvalue weighted by Crippen LogP contribution is -2.69. The Kier molecular flexibility index (Phi) is 42.9. The van der Waals surface area contributed by atoms with Crippen molar-refractivity contribution in [3.63, 3.8) is 0 Å². The minimum absolute atomic E-state index is 0.0790. The van der Waals surface area contributed by atoms with Gasteiger partial charge >= 0.3 is 0 Å². The van der Waals surface area contributed by atoms with Gasteiger partial charge < -0.3 is 15.3 Å². The molecule has 0 aliphatic carbocycles. The van der Waals surface area contributed by atoms with E-state index < -0.39 is 35.2 Å². The van der Waals surface area contributed by atoms with E-state index in [4.69, 9.17) is 0 Å². The standard InChI is InChI=1S/C55H104O6/c1-4-7-10-13-16-19-22-25-27-30-32-35-38-41-44-47-51(57)54(60,50-56)55(61,52(58)48-45-42-39-36-33-29-24-21-18-15-12-9-6-3)53(59)49-46-43-40-37-34-31-28-26-23-20-17-14-11-8-5-2/h26,28,56,60-61H,4-25,27,29-50H2,1-3H3/b28-26-. The van der Waals surface area contributed by atoms with Crippen molar-refractivity contribution in [3.05, 3.63) is 12.2 Å².